The standard InChI is InChI=1S/C15H22N4O/c20-15(18-11-4-2-1-3-5-11)19-13-8-9-14(16-10-13)17-12-6-7-12/h8-12H,1-7H2,(H,16,17)(H2,18,19,20). The summed E-state index contributed by atoms with van der Waals surface area (Å²) < 4.78 is 0. The summed E-state index contributed by atoms with van der Waals surface area (Å²) in [6.07, 6.45) is 10.1. The maximum absolute atomic E-state index is 11.9. The van der Waals surface area contributed by atoms with Gasteiger partial charge in [-0.05, 0) is 37.8 Å². The van der Waals surface area contributed by atoms with Crippen molar-refractivity contribution < 1.29 is 4.79 Å². The van der Waals surface area contributed by atoms with Crippen LogP contribution in [0.3, 0.4) is 0 Å². The fourth-order valence-electron chi connectivity index (χ4n) is 2.59. The fraction of sp³-hybridized carbons (Fsp3) is 0.600. The monoisotopic (exact) mass is 274 g/mol. The zero-order valence-electron chi connectivity index (χ0n) is 11.7. The molecule has 0 atom stereocenters. The summed E-state index contributed by atoms with van der Waals surface area (Å²) in [5.74, 6) is 0.880. The number of pyridine rings is 1. The molecule has 1 aromatic heterocycles. The Labute approximate surface area is 119 Å². The number of anilines is 2. The predicted molar refractivity (Wildman–Crippen MR) is 79.9 cm³/mol. The Balaban J connectivity index is 1.47. The summed E-state index contributed by atoms with van der Waals surface area (Å²) in [7, 11) is 0. The molecule has 0 unspecified atom stereocenters. The molecular weight excluding hydrogens is 252 g/mol. The molecule has 108 valence electrons. The molecule has 0 spiro atoms. The summed E-state index contributed by atoms with van der Waals surface area (Å²) in [5, 5.41) is 9.20. The van der Waals surface area contributed by atoms with Crippen LogP contribution < -0.4 is 16.0 Å². The zero-order valence-corrected chi connectivity index (χ0v) is 11.7. The topological polar surface area (TPSA) is 66.0 Å². The van der Waals surface area contributed by atoms with E-state index in [2.05, 4.69) is 20.9 Å². The third-order valence-electron chi connectivity index (χ3n) is 3.89. The van der Waals surface area contributed by atoms with Crippen LogP contribution in [0.15, 0.2) is 18.3 Å². The summed E-state index contributed by atoms with van der Waals surface area (Å²) in [6, 6.07) is 4.59. The number of rotatable bonds is 4. The molecule has 1 aromatic rings. The van der Waals surface area contributed by atoms with E-state index < -0.39 is 0 Å². The molecule has 0 bridgehead atoms. The van der Waals surface area contributed by atoms with Gasteiger partial charge in [-0.1, -0.05) is 19.3 Å². The minimum absolute atomic E-state index is 0.124. The smallest absolute Gasteiger partial charge is 0.319 e. The molecule has 2 aliphatic rings. The van der Waals surface area contributed by atoms with Crippen LogP contribution in [0.1, 0.15) is 44.9 Å². The number of amides is 2. The van der Waals surface area contributed by atoms with Crippen LogP contribution in [-0.2, 0) is 0 Å². The Morgan fingerprint density at radius 3 is 2.50 bits per heavy atom. The van der Waals surface area contributed by atoms with E-state index in [0.717, 1.165) is 24.3 Å². The van der Waals surface area contributed by atoms with Crippen molar-refractivity contribution >= 4 is 17.5 Å². The first-order valence-electron chi connectivity index (χ1n) is 7.60. The van der Waals surface area contributed by atoms with Crippen molar-refractivity contribution in [2.75, 3.05) is 10.6 Å². The highest BCUT2D eigenvalue weighted by molar-refractivity contribution is 5.89. The van der Waals surface area contributed by atoms with E-state index in [-0.39, 0.29) is 6.03 Å². The van der Waals surface area contributed by atoms with Crippen LogP contribution in [0.4, 0.5) is 16.3 Å². The van der Waals surface area contributed by atoms with Crippen molar-refractivity contribution in [2.45, 2.75) is 57.0 Å². The Morgan fingerprint density at radius 2 is 1.85 bits per heavy atom. The lowest BCUT2D eigenvalue weighted by Crippen LogP contribution is -2.39. The van der Waals surface area contributed by atoms with Gasteiger partial charge in [-0.15, -0.1) is 0 Å². The average Bonchev–Trinajstić information content (AvgIpc) is 3.26. The van der Waals surface area contributed by atoms with E-state index in [9.17, 15) is 4.79 Å². The molecule has 2 aliphatic carbocycles. The molecule has 20 heavy (non-hydrogen) atoms. The SMILES string of the molecule is O=C(Nc1ccc(NC2CC2)nc1)NC1CCCCC1. The van der Waals surface area contributed by atoms with Gasteiger partial charge in [0.05, 0.1) is 11.9 Å². The van der Waals surface area contributed by atoms with Crippen molar-refractivity contribution in [1.82, 2.24) is 10.3 Å². The van der Waals surface area contributed by atoms with Gasteiger partial charge >= 0.3 is 6.03 Å². The zero-order chi connectivity index (χ0) is 13.8. The van der Waals surface area contributed by atoms with Crippen molar-refractivity contribution in [1.29, 1.82) is 0 Å². The number of urea groups is 1. The quantitative estimate of drug-likeness (QED) is 0.790. The van der Waals surface area contributed by atoms with E-state index >= 15 is 0 Å². The molecule has 0 aromatic carbocycles. The first-order chi connectivity index (χ1) is 9.79. The van der Waals surface area contributed by atoms with E-state index in [0.29, 0.717) is 12.1 Å². The molecule has 3 rings (SSSR count). The molecule has 0 radical (unpaired) electrons. The first kappa shape index (κ1) is 13.2. The molecule has 5 nitrogen and oxygen atoms in total. The van der Waals surface area contributed by atoms with E-state index in [1.807, 2.05) is 12.1 Å². The number of carbonyl (C=O) groups is 1. The van der Waals surface area contributed by atoms with Crippen LogP contribution in [0.25, 0.3) is 0 Å². The molecular formula is C15H22N4O. The summed E-state index contributed by atoms with van der Waals surface area (Å²) in [6.45, 7) is 0. The Hall–Kier alpha value is -1.78. The highest BCUT2D eigenvalue weighted by Crippen LogP contribution is 2.24. The number of carbonyl (C=O) groups excluding carboxylic acids is 1. The van der Waals surface area contributed by atoms with Gasteiger partial charge in [0.15, 0.2) is 0 Å². The third kappa shape index (κ3) is 3.85. The highest BCUT2D eigenvalue weighted by Gasteiger charge is 2.21. The number of hydrogen-bond acceptors (Lipinski definition) is 3. The normalized spacial score (nSPS) is 19.4. The fourth-order valence-corrected chi connectivity index (χ4v) is 2.59. The lowest BCUT2D eigenvalue weighted by atomic mass is 9.96. The average molecular weight is 274 g/mol. The van der Waals surface area contributed by atoms with Gasteiger partial charge in [-0.3, -0.25) is 0 Å². The molecule has 5 heteroatoms. The predicted octanol–water partition coefficient (Wildman–Crippen LogP) is 3.11. The Morgan fingerprint density at radius 1 is 1.05 bits per heavy atom. The molecule has 2 amide bonds. The maximum Gasteiger partial charge on any atom is 0.319 e. The molecule has 0 saturated heterocycles. The van der Waals surface area contributed by atoms with Gasteiger partial charge < -0.3 is 16.0 Å². The van der Waals surface area contributed by atoms with Crippen LogP contribution >= 0.6 is 0 Å². The Bertz CT molecular complexity index is 449. The summed E-state index contributed by atoms with van der Waals surface area (Å²) >= 11 is 0. The number of nitrogens with one attached hydrogen (secondary N) is 3. The second kappa shape index (κ2) is 6.11. The summed E-state index contributed by atoms with van der Waals surface area (Å²) in [5.41, 5.74) is 0.736. The van der Waals surface area contributed by atoms with Gasteiger partial charge in [0, 0.05) is 12.1 Å². The molecule has 0 aliphatic heterocycles. The second-order valence-electron chi connectivity index (χ2n) is 5.78. The largest absolute Gasteiger partial charge is 0.367 e. The number of hydrogen-bond donors (Lipinski definition) is 3. The van der Waals surface area contributed by atoms with E-state index in [1.165, 1.54) is 32.1 Å². The van der Waals surface area contributed by atoms with E-state index in [1.54, 1.807) is 6.20 Å². The van der Waals surface area contributed by atoms with Crippen LogP contribution in [0.5, 0.6) is 0 Å². The van der Waals surface area contributed by atoms with Crippen LogP contribution in [0.2, 0.25) is 0 Å². The minimum atomic E-state index is -0.124. The molecule has 1 heterocycles. The van der Waals surface area contributed by atoms with Crippen molar-refractivity contribution in [2.24, 2.45) is 0 Å². The van der Waals surface area contributed by atoms with Gasteiger partial charge in [-0.25, -0.2) is 9.78 Å². The van der Waals surface area contributed by atoms with Crippen LogP contribution in [0, 0.1) is 0 Å². The number of nitrogens with zero attached hydrogens (tertiary/aromatic N) is 1. The minimum Gasteiger partial charge on any atom is -0.367 e. The summed E-state index contributed by atoms with van der Waals surface area (Å²) in [4.78, 5) is 16.2. The van der Waals surface area contributed by atoms with Crippen molar-refractivity contribution in [3.05, 3.63) is 18.3 Å². The molecule has 2 saturated carbocycles. The third-order valence-corrected chi connectivity index (χ3v) is 3.89. The number of aromatic nitrogens is 1. The van der Waals surface area contributed by atoms with Crippen molar-refractivity contribution in [3.63, 3.8) is 0 Å². The molecule has 3 N–H and O–H groups in total. The lowest BCUT2D eigenvalue weighted by Gasteiger charge is -2.22. The lowest BCUT2D eigenvalue weighted by molar-refractivity contribution is 0.244. The van der Waals surface area contributed by atoms with Gasteiger partial charge in [-0.2, -0.15) is 0 Å². The second-order valence-corrected chi connectivity index (χ2v) is 5.78. The van der Waals surface area contributed by atoms with Gasteiger partial charge in [0.1, 0.15) is 5.82 Å². The van der Waals surface area contributed by atoms with E-state index in [4.69, 9.17) is 0 Å². The van der Waals surface area contributed by atoms with Gasteiger partial charge in [0.25, 0.3) is 0 Å². The van der Waals surface area contributed by atoms with Gasteiger partial charge in [0.2, 0.25) is 0 Å². The molecule has 2 fully saturated rings. The Kier molecular flexibility index (Phi) is 4.04. The first-order valence-corrected chi connectivity index (χ1v) is 7.60. The highest BCUT2D eigenvalue weighted by atomic mass is 16.2. The maximum atomic E-state index is 11.9. The van der Waals surface area contributed by atoms with Crippen LogP contribution in [-0.4, -0.2) is 23.1 Å². The van der Waals surface area contributed by atoms with Crippen molar-refractivity contribution in [3.8, 4) is 0 Å².